The summed E-state index contributed by atoms with van der Waals surface area (Å²) < 4.78 is 51.9. The molecule has 21 heteroatoms. The van der Waals surface area contributed by atoms with E-state index >= 15 is 0 Å². The first kappa shape index (κ1) is 24.3. The number of hydrogen-bond donors (Lipinski definition) is 7. The van der Waals surface area contributed by atoms with Crippen LogP contribution in [0.5, 0.6) is 0 Å². The van der Waals surface area contributed by atoms with Crippen molar-refractivity contribution in [1.82, 2.24) is 19.5 Å². The van der Waals surface area contributed by atoms with Crippen molar-refractivity contribution in [2.24, 2.45) is 0 Å². The highest BCUT2D eigenvalue weighted by Gasteiger charge is 2.47. The van der Waals surface area contributed by atoms with E-state index in [-0.39, 0.29) is 17.0 Å². The van der Waals surface area contributed by atoms with E-state index in [1.54, 1.807) is 0 Å². The van der Waals surface area contributed by atoms with Gasteiger partial charge in [0.1, 0.15) is 30.2 Å². The van der Waals surface area contributed by atoms with Gasteiger partial charge in [-0.1, -0.05) is 0 Å². The Morgan fingerprint density at radius 2 is 1.71 bits per heavy atom. The fourth-order valence-corrected chi connectivity index (χ4v) is 5.65. The SMILES string of the molecule is Nc1ncnc2c1ncn2C1OC(COP(=O)(O)OP(=O)(O)OP(=O)(O)O)[C@H](O)C1O. The molecule has 1 saturated heterocycles. The number of ether oxygens (including phenoxy) is 1. The lowest BCUT2D eigenvalue weighted by Crippen LogP contribution is -2.33. The molecule has 2 aromatic rings. The van der Waals surface area contributed by atoms with Crippen LogP contribution in [-0.4, -0.2) is 74.2 Å². The Morgan fingerprint density at radius 1 is 1.03 bits per heavy atom. The second-order valence-corrected chi connectivity index (χ2v) is 10.4. The van der Waals surface area contributed by atoms with Crippen LogP contribution < -0.4 is 5.73 Å². The lowest BCUT2D eigenvalue weighted by molar-refractivity contribution is -0.0503. The summed E-state index contributed by atoms with van der Waals surface area (Å²) in [5.74, 6) is 0.0426. The Bertz CT molecular complexity index is 1100. The van der Waals surface area contributed by atoms with E-state index in [2.05, 4.69) is 28.1 Å². The van der Waals surface area contributed by atoms with Gasteiger partial charge in [-0.15, -0.1) is 0 Å². The van der Waals surface area contributed by atoms with Crippen molar-refractivity contribution in [3.8, 4) is 0 Å². The van der Waals surface area contributed by atoms with Crippen LogP contribution in [0.2, 0.25) is 0 Å². The number of fused-ring (bicyclic) bond motifs is 1. The number of phosphoric acid groups is 3. The largest absolute Gasteiger partial charge is 0.490 e. The van der Waals surface area contributed by atoms with Gasteiger partial charge < -0.3 is 40.3 Å². The highest BCUT2D eigenvalue weighted by molar-refractivity contribution is 7.66. The third-order valence-corrected chi connectivity index (χ3v) is 7.62. The Hall–Kier alpha value is -1.36. The van der Waals surface area contributed by atoms with Gasteiger partial charge >= 0.3 is 23.5 Å². The molecule has 0 bridgehead atoms. The van der Waals surface area contributed by atoms with Gasteiger partial charge in [0, 0.05) is 0 Å². The normalized spacial score (nSPS) is 28.5. The number of aliphatic hydroxyl groups is 2. The predicted molar refractivity (Wildman–Crippen MR) is 95.5 cm³/mol. The van der Waals surface area contributed by atoms with E-state index < -0.39 is 54.6 Å². The maximum absolute atomic E-state index is 11.8. The Balaban J connectivity index is 1.69. The zero-order valence-corrected chi connectivity index (χ0v) is 17.6. The van der Waals surface area contributed by atoms with Crippen molar-refractivity contribution >= 4 is 40.4 Å². The zero-order valence-electron chi connectivity index (χ0n) is 14.9. The summed E-state index contributed by atoms with van der Waals surface area (Å²) in [6.07, 6.45) is -3.69. The number of rotatable bonds is 8. The molecular weight excluding hydrogens is 491 g/mol. The maximum atomic E-state index is 11.8. The molecule has 2 aromatic heterocycles. The van der Waals surface area contributed by atoms with Crippen LogP contribution in [-0.2, 0) is 31.6 Å². The lowest BCUT2D eigenvalue weighted by Gasteiger charge is -2.19. The number of aromatic nitrogens is 4. The number of aliphatic hydroxyl groups excluding tert-OH is 2. The van der Waals surface area contributed by atoms with Crippen LogP contribution in [0.1, 0.15) is 6.23 Å². The minimum absolute atomic E-state index is 0.0426. The molecule has 0 radical (unpaired) electrons. The van der Waals surface area contributed by atoms with E-state index in [1.807, 2.05) is 0 Å². The lowest BCUT2D eigenvalue weighted by atomic mass is 10.1. The Labute approximate surface area is 171 Å². The first-order valence-corrected chi connectivity index (χ1v) is 12.4. The molecule has 31 heavy (non-hydrogen) atoms. The third-order valence-electron chi connectivity index (χ3n) is 3.82. The number of nitrogen functional groups attached to an aromatic ring is 1. The van der Waals surface area contributed by atoms with Crippen LogP contribution in [0, 0.1) is 0 Å². The third kappa shape index (κ3) is 5.71. The molecule has 18 nitrogen and oxygen atoms in total. The van der Waals surface area contributed by atoms with Crippen LogP contribution in [0.3, 0.4) is 0 Å². The summed E-state index contributed by atoms with van der Waals surface area (Å²) in [5, 5.41) is 20.4. The van der Waals surface area contributed by atoms with Gasteiger partial charge in [-0.3, -0.25) is 9.09 Å². The van der Waals surface area contributed by atoms with Gasteiger partial charge in [-0.05, 0) is 0 Å². The average molecular weight is 507 g/mol. The average Bonchev–Trinajstić information content (AvgIpc) is 3.13. The van der Waals surface area contributed by atoms with E-state index in [9.17, 15) is 28.8 Å². The highest BCUT2D eigenvalue weighted by Crippen LogP contribution is 2.66. The van der Waals surface area contributed by atoms with Crippen molar-refractivity contribution in [2.45, 2.75) is 24.5 Å². The van der Waals surface area contributed by atoms with Crippen molar-refractivity contribution in [3.63, 3.8) is 0 Å². The topological polar surface area (TPSA) is 279 Å². The molecule has 174 valence electrons. The summed E-state index contributed by atoms with van der Waals surface area (Å²) >= 11 is 0. The Kier molecular flexibility index (Phi) is 6.68. The van der Waals surface area contributed by atoms with Crippen LogP contribution in [0.25, 0.3) is 11.2 Å². The standard InChI is InChI=1S/C10H16N5O13P3/c11-8-5-9(13-2-12-8)15(3-14-5)10-7(17)6(16)4(26-10)1-25-30(21,22)28-31(23,24)27-29(18,19)20/h2-4,6-7,10,16-17H,1H2,(H,21,22)(H,23,24)(H2,11,12,13)(H2,18,19,20)/t4?,6-,7?,10?/m0/s1. The predicted octanol–water partition coefficient (Wildman–Crippen LogP) is -1.63. The van der Waals surface area contributed by atoms with E-state index in [0.717, 1.165) is 6.33 Å². The zero-order chi connectivity index (χ0) is 23.2. The summed E-state index contributed by atoms with van der Waals surface area (Å²) in [6, 6.07) is 0. The fourth-order valence-electron chi connectivity index (χ4n) is 2.62. The van der Waals surface area contributed by atoms with Gasteiger partial charge in [-0.25, -0.2) is 28.6 Å². The van der Waals surface area contributed by atoms with Crippen molar-refractivity contribution < 1.29 is 61.4 Å². The van der Waals surface area contributed by atoms with Crippen LogP contribution in [0.15, 0.2) is 12.7 Å². The molecule has 1 aliphatic rings. The molecule has 0 aliphatic carbocycles. The molecule has 5 unspecified atom stereocenters. The first-order valence-electron chi connectivity index (χ1n) is 7.92. The van der Waals surface area contributed by atoms with Crippen molar-refractivity contribution in [3.05, 3.63) is 12.7 Å². The molecule has 0 amide bonds. The molecule has 1 fully saturated rings. The van der Waals surface area contributed by atoms with Crippen molar-refractivity contribution in [2.75, 3.05) is 12.3 Å². The van der Waals surface area contributed by atoms with E-state index in [4.69, 9.17) is 25.2 Å². The van der Waals surface area contributed by atoms with Crippen LogP contribution >= 0.6 is 23.5 Å². The molecule has 8 N–H and O–H groups in total. The minimum Gasteiger partial charge on any atom is -0.387 e. The molecular formula is C10H16N5O13P3. The quantitative estimate of drug-likeness (QED) is 0.197. The second kappa shape index (κ2) is 8.53. The van der Waals surface area contributed by atoms with Gasteiger partial charge in [0.15, 0.2) is 17.7 Å². The molecule has 0 spiro atoms. The van der Waals surface area contributed by atoms with Gasteiger partial charge in [0.25, 0.3) is 0 Å². The number of nitrogens with two attached hydrogens (primary N) is 1. The smallest absolute Gasteiger partial charge is 0.387 e. The summed E-state index contributed by atoms with van der Waals surface area (Å²) in [7, 11) is -16.7. The number of phosphoric ester groups is 1. The van der Waals surface area contributed by atoms with Gasteiger partial charge in [-0.2, -0.15) is 8.62 Å². The molecule has 6 atom stereocenters. The summed E-state index contributed by atoms with van der Waals surface area (Å²) in [5.41, 5.74) is 6.00. The van der Waals surface area contributed by atoms with E-state index in [1.165, 1.54) is 10.9 Å². The maximum Gasteiger partial charge on any atom is 0.490 e. The molecule has 0 saturated carbocycles. The van der Waals surface area contributed by atoms with Gasteiger partial charge in [0.2, 0.25) is 0 Å². The van der Waals surface area contributed by atoms with Crippen molar-refractivity contribution in [1.29, 1.82) is 0 Å². The number of nitrogens with zero attached hydrogens (tertiary/aromatic N) is 4. The Morgan fingerprint density at radius 3 is 2.35 bits per heavy atom. The van der Waals surface area contributed by atoms with Crippen LogP contribution in [0.4, 0.5) is 5.82 Å². The first-order chi connectivity index (χ1) is 14.2. The summed E-state index contributed by atoms with van der Waals surface area (Å²) in [4.78, 5) is 47.2. The van der Waals surface area contributed by atoms with Gasteiger partial charge in [0.05, 0.1) is 12.9 Å². The highest BCUT2D eigenvalue weighted by atomic mass is 31.3. The van der Waals surface area contributed by atoms with E-state index in [0.29, 0.717) is 0 Å². The monoisotopic (exact) mass is 507 g/mol. The number of anilines is 1. The number of imidazole rings is 1. The molecule has 3 heterocycles. The molecule has 0 aromatic carbocycles. The minimum atomic E-state index is -5.70. The summed E-state index contributed by atoms with van der Waals surface area (Å²) in [6.45, 7) is -0.956. The number of hydrogen-bond acceptors (Lipinski definition) is 13. The fraction of sp³-hybridized carbons (Fsp3) is 0.500. The molecule has 3 rings (SSSR count). The second-order valence-electron chi connectivity index (χ2n) is 6.02. The molecule has 1 aliphatic heterocycles.